The molecule has 0 unspecified atom stereocenters. The first-order valence-corrected chi connectivity index (χ1v) is 10.9. The van der Waals surface area contributed by atoms with E-state index in [1.165, 1.54) is 16.8 Å². The number of amides is 1. The number of nitrogens with one attached hydrogen (secondary N) is 1. The van der Waals surface area contributed by atoms with Crippen LogP contribution in [-0.2, 0) is 4.79 Å². The SMILES string of the molecule is Cc1cc(C=C2C(=N)N3N=C(CC(C)C)SC3=NC2=O)c(C)n1-c1ccccc1Cl. The third-order valence-electron chi connectivity index (χ3n) is 4.94. The van der Waals surface area contributed by atoms with Gasteiger partial charge in [0.05, 0.1) is 16.3 Å². The van der Waals surface area contributed by atoms with Crippen LogP contribution in [0.5, 0.6) is 0 Å². The molecule has 154 valence electrons. The minimum absolute atomic E-state index is 0.0544. The number of hydrazone groups is 1. The van der Waals surface area contributed by atoms with E-state index in [0.717, 1.165) is 34.1 Å². The maximum atomic E-state index is 12.7. The van der Waals surface area contributed by atoms with E-state index in [9.17, 15) is 4.79 Å². The summed E-state index contributed by atoms with van der Waals surface area (Å²) in [6.07, 6.45) is 2.51. The predicted octanol–water partition coefficient (Wildman–Crippen LogP) is 5.41. The molecule has 1 N–H and O–H groups in total. The van der Waals surface area contributed by atoms with Crippen molar-refractivity contribution in [2.75, 3.05) is 0 Å². The lowest BCUT2D eigenvalue weighted by molar-refractivity contribution is -0.114. The Morgan fingerprint density at radius 1 is 1.27 bits per heavy atom. The molecule has 2 aliphatic heterocycles. The minimum Gasteiger partial charge on any atom is -0.316 e. The Bertz CT molecular complexity index is 1160. The smallest absolute Gasteiger partial charge is 0.283 e. The lowest BCUT2D eigenvalue weighted by atomic mass is 10.1. The average Bonchev–Trinajstić information content (AvgIpc) is 3.19. The van der Waals surface area contributed by atoms with E-state index in [0.29, 0.717) is 16.1 Å². The summed E-state index contributed by atoms with van der Waals surface area (Å²) in [6, 6.07) is 9.62. The van der Waals surface area contributed by atoms with E-state index in [2.05, 4.69) is 23.9 Å². The number of thioether (sulfide) groups is 1. The summed E-state index contributed by atoms with van der Waals surface area (Å²) < 4.78 is 2.05. The first kappa shape index (κ1) is 20.6. The fourth-order valence-corrected chi connectivity index (χ4v) is 4.87. The van der Waals surface area contributed by atoms with Gasteiger partial charge >= 0.3 is 0 Å². The number of carbonyl (C=O) groups is 1. The zero-order chi connectivity index (χ0) is 21.6. The molecule has 0 saturated heterocycles. The summed E-state index contributed by atoms with van der Waals surface area (Å²) in [5, 5.41) is 16.5. The second-order valence-electron chi connectivity index (χ2n) is 7.73. The highest BCUT2D eigenvalue weighted by Crippen LogP contribution is 2.32. The Morgan fingerprint density at radius 3 is 2.70 bits per heavy atom. The number of rotatable bonds is 4. The van der Waals surface area contributed by atoms with Crippen LogP contribution in [0.4, 0.5) is 0 Å². The lowest BCUT2D eigenvalue weighted by Gasteiger charge is -2.20. The number of amidine groups is 2. The monoisotopic (exact) mass is 439 g/mol. The Morgan fingerprint density at radius 2 is 2.00 bits per heavy atom. The predicted molar refractivity (Wildman–Crippen MR) is 125 cm³/mol. The van der Waals surface area contributed by atoms with Crippen LogP contribution in [0.15, 0.2) is 46.0 Å². The molecule has 0 saturated carbocycles. The molecule has 2 aromatic rings. The van der Waals surface area contributed by atoms with Gasteiger partial charge in [-0.1, -0.05) is 37.6 Å². The van der Waals surface area contributed by atoms with Crippen molar-refractivity contribution in [1.82, 2.24) is 9.58 Å². The van der Waals surface area contributed by atoms with Crippen molar-refractivity contribution in [3.05, 3.63) is 57.9 Å². The third kappa shape index (κ3) is 3.63. The van der Waals surface area contributed by atoms with Gasteiger partial charge in [-0.2, -0.15) is 15.1 Å². The maximum absolute atomic E-state index is 12.7. The number of hydrogen-bond donors (Lipinski definition) is 1. The van der Waals surface area contributed by atoms with Crippen LogP contribution in [0.1, 0.15) is 37.2 Å². The first-order chi connectivity index (χ1) is 14.3. The number of aryl methyl sites for hydroxylation is 1. The lowest BCUT2D eigenvalue weighted by Crippen LogP contribution is -2.35. The van der Waals surface area contributed by atoms with Crippen LogP contribution < -0.4 is 0 Å². The van der Waals surface area contributed by atoms with Crippen LogP contribution in [0.25, 0.3) is 11.8 Å². The number of halogens is 1. The molecule has 0 aliphatic carbocycles. The zero-order valence-corrected chi connectivity index (χ0v) is 18.8. The van der Waals surface area contributed by atoms with Crippen molar-refractivity contribution in [2.45, 2.75) is 34.1 Å². The molecule has 3 heterocycles. The first-order valence-electron chi connectivity index (χ1n) is 9.69. The van der Waals surface area contributed by atoms with Crippen molar-refractivity contribution >= 4 is 51.4 Å². The number of nitrogens with zero attached hydrogens (tertiary/aromatic N) is 4. The van der Waals surface area contributed by atoms with E-state index in [4.69, 9.17) is 17.0 Å². The summed E-state index contributed by atoms with van der Waals surface area (Å²) >= 11 is 7.76. The molecule has 8 heteroatoms. The van der Waals surface area contributed by atoms with Gasteiger partial charge < -0.3 is 4.57 Å². The standard InChI is InChI=1S/C22H22ClN5OS/c1-12(2)9-19-26-28-20(24)16(21(29)25-22(28)30-19)11-15-10-13(3)27(14(15)4)18-8-6-5-7-17(18)23/h5-8,10-12,24H,9H2,1-4H3. The molecule has 30 heavy (non-hydrogen) atoms. The quantitative estimate of drug-likeness (QED) is 0.647. The molecule has 0 fully saturated rings. The fraction of sp³-hybridized carbons (Fsp3) is 0.273. The number of aromatic nitrogens is 1. The molecule has 1 amide bonds. The molecular formula is C22H22ClN5OS. The Hall–Kier alpha value is -2.64. The summed E-state index contributed by atoms with van der Waals surface area (Å²) in [7, 11) is 0. The zero-order valence-electron chi connectivity index (χ0n) is 17.2. The number of benzene rings is 1. The largest absolute Gasteiger partial charge is 0.316 e. The highest BCUT2D eigenvalue weighted by Gasteiger charge is 2.35. The van der Waals surface area contributed by atoms with Gasteiger partial charge in [0, 0.05) is 17.8 Å². The summed E-state index contributed by atoms with van der Waals surface area (Å²) in [4.78, 5) is 16.9. The molecule has 4 rings (SSSR count). The average molecular weight is 440 g/mol. The third-order valence-corrected chi connectivity index (χ3v) is 6.19. The summed E-state index contributed by atoms with van der Waals surface area (Å²) in [5.41, 5.74) is 3.87. The van der Waals surface area contributed by atoms with Crippen molar-refractivity contribution in [3.8, 4) is 5.69 Å². The molecule has 0 spiro atoms. The molecule has 1 aromatic carbocycles. The summed E-state index contributed by atoms with van der Waals surface area (Å²) in [5.74, 6) is 0.0781. The molecule has 6 nitrogen and oxygen atoms in total. The fourth-order valence-electron chi connectivity index (χ4n) is 3.56. The Kier molecular flexibility index (Phi) is 5.42. The highest BCUT2D eigenvalue weighted by molar-refractivity contribution is 8.26. The Balaban J connectivity index is 1.72. The van der Waals surface area contributed by atoms with Gasteiger partial charge in [0.15, 0.2) is 5.84 Å². The second-order valence-corrected chi connectivity index (χ2v) is 9.17. The Labute approximate surface area is 184 Å². The van der Waals surface area contributed by atoms with Crippen LogP contribution in [0.2, 0.25) is 5.02 Å². The van der Waals surface area contributed by atoms with Gasteiger partial charge in [0.25, 0.3) is 5.91 Å². The van der Waals surface area contributed by atoms with Crippen molar-refractivity contribution in [2.24, 2.45) is 16.0 Å². The minimum atomic E-state index is -0.415. The highest BCUT2D eigenvalue weighted by atomic mass is 35.5. The number of para-hydroxylation sites is 1. The van der Waals surface area contributed by atoms with Gasteiger partial charge in [0.2, 0.25) is 5.17 Å². The van der Waals surface area contributed by atoms with Crippen LogP contribution in [-0.4, -0.2) is 31.5 Å². The molecule has 0 radical (unpaired) electrons. The van der Waals surface area contributed by atoms with Crippen molar-refractivity contribution in [1.29, 1.82) is 5.41 Å². The number of aliphatic imine (C=N–C) groups is 1. The number of carbonyl (C=O) groups excluding carboxylic acids is 1. The van der Waals surface area contributed by atoms with E-state index in [1.54, 1.807) is 6.08 Å². The maximum Gasteiger partial charge on any atom is 0.283 e. The van der Waals surface area contributed by atoms with Crippen molar-refractivity contribution in [3.63, 3.8) is 0 Å². The van der Waals surface area contributed by atoms with Gasteiger partial charge in [-0.3, -0.25) is 10.2 Å². The molecule has 1 aromatic heterocycles. The second kappa shape index (κ2) is 7.89. The van der Waals surface area contributed by atoms with Crippen LogP contribution in [0, 0.1) is 25.2 Å². The van der Waals surface area contributed by atoms with Crippen LogP contribution >= 0.6 is 23.4 Å². The number of hydrogen-bond acceptors (Lipinski definition) is 4. The van der Waals surface area contributed by atoms with E-state index < -0.39 is 5.91 Å². The number of fused-ring (bicyclic) bond motifs is 1. The summed E-state index contributed by atoms with van der Waals surface area (Å²) in [6.45, 7) is 8.18. The van der Waals surface area contributed by atoms with Gasteiger partial charge in [-0.15, -0.1) is 0 Å². The molecular weight excluding hydrogens is 418 g/mol. The molecule has 0 bridgehead atoms. The van der Waals surface area contributed by atoms with E-state index >= 15 is 0 Å². The van der Waals surface area contributed by atoms with Crippen molar-refractivity contribution < 1.29 is 4.79 Å². The van der Waals surface area contributed by atoms with E-state index in [-0.39, 0.29) is 11.4 Å². The van der Waals surface area contributed by atoms with Gasteiger partial charge in [-0.05, 0) is 61.4 Å². The van der Waals surface area contributed by atoms with Gasteiger partial charge in [-0.25, -0.2) is 0 Å². The normalized spacial score (nSPS) is 17.7. The topological polar surface area (TPSA) is 73.8 Å². The van der Waals surface area contributed by atoms with Crippen LogP contribution in [0.3, 0.4) is 0 Å². The van der Waals surface area contributed by atoms with Gasteiger partial charge in [0.1, 0.15) is 5.04 Å². The van der Waals surface area contributed by atoms with E-state index in [1.807, 2.05) is 48.7 Å². The molecule has 0 atom stereocenters. The molecule has 2 aliphatic rings.